The Morgan fingerprint density at radius 1 is 1.19 bits per heavy atom. The summed E-state index contributed by atoms with van der Waals surface area (Å²) < 4.78 is 33.4. The molecule has 11 heteroatoms. The molecule has 0 unspecified atom stereocenters. The summed E-state index contributed by atoms with van der Waals surface area (Å²) in [6, 6.07) is 4.79. The minimum absolute atomic E-state index is 0.0868. The second-order valence-corrected chi connectivity index (χ2v) is 6.69. The van der Waals surface area contributed by atoms with Crippen molar-refractivity contribution in [3.8, 4) is 11.4 Å². The van der Waals surface area contributed by atoms with Crippen molar-refractivity contribution in [3.05, 3.63) is 71.6 Å². The van der Waals surface area contributed by atoms with Gasteiger partial charge >= 0.3 is 5.91 Å². The third-order valence-electron chi connectivity index (χ3n) is 4.35. The van der Waals surface area contributed by atoms with E-state index < -0.39 is 17.5 Å². The molecule has 158 valence electrons. The molecular weight excluding hydrogens is 408 g/mol. The Bertz CT molecular complexity index is 1230. The summed E-state index contributed by atoms with van der Waals surface area (Å²) in [5.41, 5.74) is 1.82. The molecular formula is C20H17F2N7O2. The van der Waals surface area contributed by atoms with E-state index in [4.69, 9.17) is 4.42 Å². The minimum Gasteiger partial charge on any atom is -0.440 e. The SMILES string of the molecule is Cc1cnc(Nc2ccnn2C)nc1-c1coc(C(=O)NCc2cc(F)cc(F)c2)n1. The first-order valence-corrected chi connectivity index (χ1v) is 9.17. The molecule has 3 heterocycles. The summed E-state index contributed by atoms with van der Waals surface area (Å²) >= 11 is 0. The number of halogens is 2. The van der Waals surface area contributed by atoms with Crippen LogP contribution < -0.4 is 10.6 Å². The van der Waals surface area contributed by atoms with E-state index in [1.165, 1.54) is 6.26 Å². The molecule has 0 saturated heterocycles. The average molecular weight is 425 g/mol. The van der Waals surface area contributed by atoms with Gasteiger partial charge in [-0.15, -0.1) is 0 Å². The standard InChI is InChI=1S/C20H17F2N7O2/c1-11-8-24-20(27-16-3-4-25-29(16)2)28-17(11)15-10-31-19(26-15)18(30)23-9-12-5-13(21)7-14(22)6-12/h3-8,10H,9H2,1-2H3,(H,23,30)(H,24,27,28). The summed E-state index contributed by atoms with van der Waals surface area (Å²) in [6.45, 7) is 1.71. The van der Waals surface area contributed by atoms with E-state index in [2.05, 4.69) is 30.7 Å². The highest BCUT2D eigenvalue weighted by Gasteiger charge is 2.17. The normalized spacial score (nSPS) is 10.8. The van der Waals surface area contributed by atoms with E-state index in [-0.39, 0.29) is 18.0 Å². The Balaban J connectivity index is 1.49. The van der Waals surface area contributed by atoms with E-state index in [0.717, 1.165) is 23.8 Å². The van der Waals surface area contributed by atoms with Gasteiger partial charge in [0.15, 0.2) is 0 Å². The number of oxazole rings is 1. The van der Waals surface area contributed by atoms with Gasteiger partial charge in [0.05, 0.1) is 6.20 Å². The van der Waals surface area contributed by atoms with Gasteiger partial charge < -0.3 is 15.1 Å². The predicted molar refractivity (Wildman–Crippen MR) is 106 cm³/mol. The Kier molecular flexibility index (Phi) is 5.39. The van der Waals surface area contributed by atoms with Gasteiger partial charge in [-0.3, -0.25) is 9.48 Å². The smallest absolute Gasteiger partial charge is 0.307 e. The van der Waals surface area contributed by atoms with Crippen LogP contribution in [0.4, 0.5) is 20.5 Å². The number of carbonyl (C=O) groups is 1. The van der Waals surface area contributed by atoms with Gasteiger partial charge in [-0.25, -0.2) is 23.7 Å². The molecule has 0 aliphatic heterocycles. The second-order valence-electron chi connectivity index (χ2n) is 6.69. The van der Waals surface area contributed by atoms with Gasteiger partial charge in [-0.2, -0.15) is 5.10 Å². The number of hydrogen-bond donors (Lipinski definition) is 2. The molecule has 3 aromatic heterocycles. The van der Waals surface area contributed by atoms with Crippen LogP contribution in [0, 0.1) is 18.6 Å². The van der Waals surface area contributed by atoms with Gasteiger partial charge in [-0.05, 0) is 30.2 Å². The zero-order valence-corrected chi connectivity index (χ0v) is 16.6. The second kappa shape index (κ2) is 8.30. The maximum Gasteiger partial charge on any atom is 0.307 e. The van der Waals surface area contributed by atoms with E-state index in [0.29, 0.717) is 23.2 Å². The first-order chi connectivity index (χ1) is 14.9. The minimum atomic E-state index is -0.725. The van der Waals surface area contributed by atoms with Crippen LogP contribution in [0.15, 0.2) is 47.3 Å². The molecule has 0 saturated carbocycles. The number of benzene rings is 1. The zero-order valence-electron chi connectivity index (χ0n) is 16.6. The topological polar surface area (TPSA) is 111 Å². The lowest BCUT2D eigenvalue weighted by Crippen LogP contribution is -2.23. The molecule has 0 atom stereocenters. The van der Waals surface area contributed by atoms with E-state index in [9.17, 15) is 13.6 Å². The van der Waals surface area contributed by atoms with Crippen LogP contribution >= 0.6 is 0 Å². The molecule has 0 radical (unpaired) electrons. The van der Waals surface area contributed by atoms with Gasteiger partial charge in [-0.1, -0.05) is 0 Å². The van der Waals surface area contributed by atoms with Crippen LogP contribution in [0.3, 0.4) is 0 Å². The number of aromatic nitrogens is 5. The van der Waals surface area contributed by atoms with Crippen LogP contribution in [0.1, 0.15) is 21.8 Å². The molecule has 0 aliphatic rings. The van der Waals surface area contributed by atoms with Crippen molar-refractivity contribution in [2.24, 2.45) is 7.05 Å². The van der Waals surface area contributed by atoms with Gasteiger partial charge in [0.1, 0.15) is 35.1 Å². The van der Waals surface area contributed by atoms with Crippen LogP contribution in [-0.2, 0) is 13.6 Å². The van der Waals surface area contributed by atoms with Crippen LogP contribution in [-0.4, -0.2) is 30.6 Å². The highest BCUT2D eigenvalue weighted by atomic mass is 19.1. The van der Waals surface area contributed by atoms with Crippen molar-refractivity contribution >= 4 is 17.7 Å². The van der Waals surface area contributed by atoms with Crippen molar-refractivity contribution in [1.82, 2.24) is 30.0 Å². The van der Waals surface area contributed by atoms with Crippen LogP contribution in [0.2, 0.25) is 0 Å². The Morgan fingerprint density at radius 3 is 2.68 bits per heavy atom. The number of aryl methyl sites for hydroxylation is 2. The van der Waals surface area contributed by atoms with Crippen molar-refractivity contribution in [1.29, 1.82) is 0 Å². The molecule has 0 spiro atoms. The summed E-state index contributed by atoms with van der Waals surface area (Å²) in [4.78, 5) is 25.2. The largest absolute Gasteiger partial charge is 0.440 e. The monoisotopic (exact) mass is 425 g/mol. The summed E-state index contributed by atoms with van der Waals surface area (Å²) in [5.74, 6) is -1.26. The highest BCUT2D eigenvalue weighted by Crippen LogP contribution is 2.22. The number of hydrogen-bond acceptors (Lipinski definition) is 7. The maximum absolute atomic E-state index is 13.3. The molecule has 1 amide bonds. The van der Waals surface area contributed by atoms with E-state index >= 15 is 0 Å². The van der Waals surface area contributed by atoms with Gasteiger partial charge in [0, 0.05) is 31.9 Å². The van der Waals surface area contributed by atoms with Crippen LogP contribution in [0.25, 0.3) is 11.4 Å². The van der Waals surface area contributed by atoms with Crippen LogP contribution in [0.5, 0.6) is 0 Å². The average Bonchev–Trinajstić information content (AvgIpc) is 3.36. The Hall–Kier alpha value is -4.15. The first-order valence-electron chi connectivity index (χ1n) is 9.17. The fourth-order valence-corrected chi connectivity index (χ4v) is 2.83. The lowest BCUT2D eigenvalue weighted by atomic mass is 10.2. The third-order valence-corrected chi connectivity index (χ3v) is 4.35. The quantitative estimate of drug-likeness (QED) is 0.488. The number of amides is 1. The van der Waals surface area contributed by atoms with Crippen molar-refractivity contribution in [2.45, 2.75) is 13.5 Å². The van der Waals surface area contributed by atoms with Crippen molar-refractivity contribution < 1.29 is 18.0 Å². The lowest BCUT2D eigenvalue weighted by Gasteiger charge is -2.07. The lowest BCUT2D eigenvalue weighted by molar-refractivity contribution is 0.0916. The fraction of sp³-hybridized carbons (Fsp3) is 0.150. The zero-order chi connectivity index (χ0) is 22.0. The number of anilines is 2. The molecule has 2 N–H and O–H groups in total. The summed E-state index contributed by atoms with van der Waals surface area (Å²) in [6.07, 6.45) is 4.56. The molecule has 0 fully saturated rings. The Morgan fingerprint density at radius 2 is 1.97 bits per heavy atom. The molecule has 4 rings (SSSR count). The first kappa shape index (κ1) is 20.1. The summed E-state index contributed by atoms with van der Waals surface area (Å²) in [7, 11) is 1.78. The number of carbonyl (C=O) groups excluding carboxylic acids is 1. The molecule has 9 nitrogen and oxygen atoms in total. The number of nitrogens with zero attached hydrogens (tertiary/aromatic N) is 5. The molecule has 0 aliphatic carbocycles. The van der Waals surface area contributed by atoms with Crippen molar-refractivity contribution in [3.63, 3.8) is 0 Å². The molecule has 4 aromatic rings. The van der Waals surface area contributed by atoms with Gasteiger partial charge in [0.25, 0.3) is 5.89 Å². The van der Waals surface area contributed by atoms with E-state index in [1.54, 1.807) is 37.1 Å². The number of nitrogens with one attached hydrogen (secondary N) is 2. The summed E-state index contributed by atoms with van der Waals surface area (Å²) in [5, 5.41) is 9.63. The molecule has 0 bridgehead atoms. The predicted octanol–water partition coefficient (Wildman–Crippen LogP) is 3.13. The third kappa shape index (κ3) is 4.55. The van der Waals surface area contributed by atoms with Crippen molar-refractivity contribution in [2.75, 3.05) is 5.32 Å². The highest BCUT2D eigenvalue weighted by molar-refractivity contribution is 5.90. The van der Waals surface area contributed by atoms with E-state index in [1.807, 2.05) is 0 Å². The number of rotatable bonds is 6. The molecule has 1 aromatic carbocycles. The van der Waals surface area contributed by atoms with Gasteiger partial charge in [0.2, 0.25) is 5.95 Å². The maximum atomic E-state index is 13.3. The fourth-order valence-electron chi connectivity index (χ4n) is 2.83. The Labute approximate surface area is 175 Å². The molecule has 31 heavy (non-hydrogen) atoms.